The molecule has 0 aliphatic heterocycles. The molecule has 4 rings (SSSR count). The van der Waals surface area contributed by atoms with E-state index in [0.29, 0.717) is 0 Å². The lowest BCUT2D eigenvalue weighted by atomic mass is 10.1. The molecule has 21 heavy (non-hydrogen) atoms. The molecule has 4 aromatic rings. The van der Waals surface area contributed by atoms with Crippen molar-refractivity contribution in [3.63, 3.8) is 0 Å². The van der Waals surface area contributed by atoms with E-state index in [9.17, 15) is 0 Å². The Morgan fingerprint density at radius 3 is 3.00 bits per heavy atom. The minimum atomic E-state index is 0.825. The van der Waals surface area contributed by atoms with E-state index in [1.54, 1.807) is 24.6 Å². The first-order valence-electron chi connectivity index (χ1n) is 6.48. The van der Waals surface area contributed by atoms with Gasteiger partial charge in [0, 0.05) is 24.2 Å². The first kappa shape index (κ1) is 12.3. The summed E-state index contributed by atoms with van der Waals surface area (Å²) < 4.78 is 7.43. The van der Waals surface area contributed by atoms with Crippen LogP contribution in [0.1, 0.15) is 5.56 Å². The number of aromatic nitrogens is 5. The van der Waals surface area contributed by atoms with E-state index < -0.39 is 0 Å². The lowest BCUT2D eigenvalue weighted by Gasteiger charge is -2.10. The topological polar surface area (TPSA) is 68.6 Å². The van der Waals surface area contributed by atoms with Crippen LogP contribution in [0.2, 0.25) is 0 Å². The molecule has 0 aliphatic rings. The van der Waals surface area contributed by atoms with E-state index >= 15 is 0 Å². The Labute approximate surface area is 124 Å². The Hall–Kier alpha value is -2.41. The molecule has 0 atom stereocenters. The summed E-state index contributed by atoms with van der Waals surface area (Å²) in [7, 11) is 3.60. The standard InChI is InChI=1S/C14H13N5OS/c1-7-11-8(6-19(2)18-11)4-9(12(7)20-3)13-16-10-5-15-17-14(10)21-13/h4-6H,1-3H3,(H,15,17). The Balaban J connectivity index is 2.04. The van der Waals surface area contributed by atoms with E-state index in [-0.39, 0.29) is 0 Å². The van der Waals surface area contributed by atoms with Gasteiger partial charge in [-0.3, -0.25) is 9.78 Å². The Kier molecular flexibility index (Phi) is 2.52. The van der Waals surface area contributed by atoms with Crippen LogP contribution >= 0.6 is 11.3 Å². The second-order valence-corrected chi connectivity index (χ2v) is 5.93. The van der Waals surface area contributed by atoms with Crippen LogP contribution in [0.5, 0.6) is 5.75 Å². The minimum absolute atomic E-state index is 0.825. The van der Waals surface area contributed by atoms with Gasteiger partial charge in [-0.25, -0.2) is 4.98 Å². The summed E-state index contributed by atoms with van der Waals surface area (Å²) >= 11 is 1.57. The average Bonchev–Trinajstić information content (AvgIpc) is 3.11. The monoisotopic (exact) mass is 299 g/mol. The van der Waals surface area contributed by atoms with Gasteiger partial charge in [-0.2, -0.15) is 10.2 Å². The lowest BCUT2D eigenvalue weighted by molar-refractivity contribution is 0.414. The number of benzene rings is 1. The predicted molar refractivity (Wildman–Crippen MR) is 82.8 cm³/mol. The highest BCUT2D eigenvalue weighted by molar-refractivity contribution is 7.21. The molecule has 0 saturated carbocycles. The molecule has 106 valence electrons. The zero-order valence-electron chi connectivity index (χ0n) is 11.8. The van der Waals surface area contributed by atoms with E-state index in [4.69, 9.17) is 4.74 Å². The number of aromatic amines is 1. The number of thiazole rings is 1. The van der Waals surface area contributed by atoms with Gasteiger partial charge in [0.25, 0.3) is 0 Å². The number of ether oxygens (including phenoxy) is 1. The van der Waals surface area contributed by atoms with Crippen LogP contribution in [-0.2, 0) is 7.05 Å². The van der Waals surface area contributed by atoms with Crippen molar-refractivity contribution in [1.82, 2.24) is 25.0 Å². The summed E-state index contributed by atoms with van der Waals surface area (Å²) in [6.45, 7) is 2.03. The average molecular weight is 299 g/mol. The van der Waals surface area contributed by atoms with Crippen molar-refractivity contribution in [2.75, 3.05) is 7.11 Å². The van der Waals surface area contributed by atoms with Gasteiger partial charge in [0.15, 0.2) is 0 Å². The lowest BCUT2D eigenvalue weighted by Crippen LogP contribution is -1.93. The highest BCUT2D eigenvalue weighted by atomic mass is 32.1. The molecule has 7 heteroatoms. The molecule has 3 aromatic heterocycles. The maximum atomic E-state index is 5.61. The van der Waals surface area contributed by atoms with Crippen LogP contribution in [0.3, 0.4) is 0 Å². The molecular formula is C14H13N5OS. The fraction of sp³-hybridized carbons (Fsp3) is 0.214. The number of H-pyrrole nitrogens is 1. The number of hydrogen-bond acceptors (Lipinski definition) is 5. The van der Waals surface area contributed by atoms with E-state index in [1.807, 2.05) is 24.9 Å². The molecule has 1 aromatic carbocycles. The maximum absolute atomic E-state index is 5.61. The number of nitrogens with one attached hydrogen (secondary N) is 1. The summed E-state index contributed by atoms with van der Waals surface area (Å²) in [6, 6.07) is 2.08. The Morgan fingerprint density at radius 1 is 1.38 bits per heavy atom. The number of rotatable bonds is 2. The zero-order valence-corrected chi connectivity index (χ0v) is 12.7. The third-order valence-corrected chi connectivity index (χ3v) is 4.55. The second-order valence-electron chi connectivity index (χ2n) is 4.93. The van der Waals surface area contributed by atoms with Gasteiger partial charge in [0.2, 0.25) is 0 Å². The molecule has 6 nitrogen and oxygen atoms in total. The summed E-state index contributed by atoms with van der Waals surface area (Å²) in [5, 5.41) is 13.4. The van der Waals surface area contributed by atoms with Gasteiger partial charge >= 0.3 is 0 Å². The van der Waals surface area contributed by atoms with Crippen molar-refractivity contribution in [3.05, 3.63) is 24.0 Å². The second kappa shape index (κ2) is 4.29. The molecule has 0 saturated heterocycles. The summed E-state index contributed by atoms with van der Waals surface area (Å²) in [6.07, 6.45) is 3.74. The number of hydrogen-bond donors (Lipinski definition) is 1. The van der Waals surface area contributed by atoms with E-state index in [0.717, 1.165) is 43.1 Å². The summed E-state index contributed by atoms with van der Waals surface area (Å²) in [5.74, 6) is 0.825. The summed E-state index contributed by atoms with van der Waals surface area (Å²) in [5.41, 5.74) is 3.86. The Bertz CT molecular complexity index is 936. The first-order valence-corrected chi connectivity index (χ1v) is 7.30. The number of nitrogens with zero attached hydrogens (tertiary/aromatic N) is 4. The van der Waals surface area contributed by atoms with Gasteiger partial charge in [-0.1, -0.05) is 11.3 Å². The molecule has 0 radical (unpaired) electrons. The normalized spacial score (nSPS) is 11.6. The third-order valence-electron chi connectivity index (χ3n) is 3.54. The van der Waals surface area contributed by atoms with E-state index in [1.165, 1.54) is 0 Å². The van der Waals surface area contributed by atoms with E-state index in [2.05, 4.69) is 26.3 Å². The number of methoxy groups -OCH3 is 1. The van der Waals surface area contributed by atoms with Crippen LogP contribution in [0.4, 0.5) is 0 Å². The highest BCUT2D eigenvalue weighted by Crippen LogP contribution is 2.40. The van der Waals surface area contributed by atoms with Crippen molar-refractivity contribution in [2.24, 2.45) is 7.05 Å². The molecule has 0 bridgehead atoms. The van der Waals surface area contributed by atoms with Crippen molar-refractivity contribution >= 4 is 32.6 Å². The SMILES string of the molecule is COc1c(-c2nc3cn[nH]c3s2)cc2cn(C)nc2c1C. The smallest absolute Gasteiger partial charge is 0.139 e. The molecule has 0 fully saturated rings. The van der Waals surface area contributed by atoms with Crippen LogP contribution in [0, 0.1) is 6.92 Å². The molecule has 3 heterocycles. The van der Waals surface area contributed by atoms with Crippen molar-refractivity contribution in [3.8, 4) is 16.3 Å². The van der Waals surface area contributed by atoms with Crippen LogP contribution in [0.15, 0.2) is 18.5 Å². The number of aryl methyl sites for hydroxylation is 2. The van der Waals surface area contributed by atoms with Crippen molar-refractivity contribution in [1.29, 1.82) is 0 Å². The van der Waals surface area contributed by atoms with Gasteiger partial charge in [0.05, 0.1) is 24.4 Å². The summed E-state index contributed by atoms with van der Waals surface area (Å²) in [4.78, 5) is 5.59. The van der Waals surface area contributed by atoms with Gasteiger partial charge in [0.1, 0.15) is 21.1 Å². The first-order chi connectivity index (χ1) is 10.2. The van der Waals surface area contributed by atoms with Crippen LogP contribution in [0.25, 0.3) is 31.8 Å². The largest absolute Gasteiger partial charge is 0.496 e. The molecule has 0 aliphatic carbocycles. The fourth-order valence-electron chi connectivity index (χ4n) is 2.62. The minimum Gasteiger partial charge on any atom is -0.496 e. The quantitative estimate of drug-likeness (QED) is 0.618. The molecule has 1 N–H and O–H groups in total. The Morgan fingerprint density at radius 2 is 2.24 bits per heavy atom. The zero-order chi connectivity index (χ0) is 14.6. The van der Waals surface area contributed by atoms with Gasteiger partial charge in [-0.15, -0.1) is 0 Å². The predicted octanol–water partition coefficient (Wildman–Crippen LogP) is 2.89. The molecular weight excluding hydrogens is 286 g/mol. The maximum Gasteiger partial charge on any atom is 0.139 e. The number of fused-ring (bicyclic) bond motifs is 2. The van der Waals surface area contributed by atoms with Crippen molar-refractivity contribution < 1.29 is 4.74 Å². The van der Waals surface area contributed by atoms with Crippen LogP contribution in [-0.4, -0.2) is 32.1 Å². The van der Waals surface area contributed by atoms with Crippen LogP contribution < -0.4 is 4.74 Å². The van der Waals surface area contributed by atoms with Gasteiger partial charge < -0.3 is 4.74 Å². The molecule has 0 spiro atoms. The fourth-order valence-corrected chi connectivity index (χ4v) is 3.52. The highest BCUT2D eigenvalue weighted by Gasteiger charge is 2.18. The third kappa shape index (κ3) is 1.74. The molecule has 0 unspecified atom stereocenters. The molecule has 0 amide bonds. The van der Waals surface area contributed by atoms with Gasteiger partial charge in [-0.05, 0) is 13.0 Å². The van der Waals surface area contributed by atoms with Crippen molar-refractivity contribution in [2.45, 2.75) is 6.92 Å².